The third-order valence-corrected chi connectivity index (χ3v) is 4.08. The summed E-state index contributed by atoms with van der Waals surface area (Å²) < 4.78 is 0. The number of aliphatic carboxylic acids is 1. The van der Waals surface area contributed by atoms with Gasteiger partial charge in [-0.2, -0.15) is 0 Å². The van der Waals surface area contributed by atoms with Gasteiger partial charge in [-0.3, -0.25) is 0 Å². The van der Waals surface area contributed by atoms with Crippen LogP contribution in [0.2, 0.25) is 0 Å². The molecule has 0 aromatic heterocycles. The monoisotopic (exact) mass is 284 g/mol. The van der Waals surface area contributed by atoms with Crippen molar-refractivity contribution in [2.75, 3.05) is 6.54 Å². The predicted molar refractivity (Wildman–Crippen MR) is 78.7 cm³/mol. The molecular weight excluding hydrogens is 256 g/mol. The summed E-state index contributed by atoms with van der Waals surface area (Å²) in [5.41, 5.74) is 0. The number of carbonyl (C=O) groups is 2. The Hall–Kier alpha value is -1.26. The van der Waals surface area contributed by atoms with Crippen LogP contribution in [0.4, 0.5) is 4.79 Å². The third-order valence-electron chi connectivity index (χ3n) is 4.08. The summed E-state index contributed by atoms with van der Waals surface area (Å²) in [6.07, 6.45) is 5.90. The molecule has 2 amide bonds. The molecule has 20 heavy (non-hydrogen) atoms. The van der Waals surface area contributed by atoms with Crippen molar-refractivity contribution in [2.45, 2.75) is 71.4 Å². The lowest BCUT2D eigenvalue weighted by molar-refractivity contribution is -0.142. The quantitative estimate of drug-likeness (QED) is 0.755. The molecule has 0 spiro atoms. The molecule has 5 nitrogen and oxygen atoms in total. The standard InChI is InChI=1S/C15H28N2O3/c1-4-6-8-12(7-5-2)16-15(20)17-10-9-11(3)13(17)14(18)19/h11-13H,4-10H2,1-3H3,(H,16,20)(H,18,19). The third kappa shape index (κ3) is 4.39. The van der Waals surface area contributed by atoms with Crippen LogP contribution in [-0.2, 0) is 4.79 Å². The van der Waals surface area contributed by atoms with Crippen LogP contribution in [0.5, 0.6) is 0 Å². The molecule has 0 radical (unpaired) electrons. The Morgan fingerprint density at radius 1 is 1.30 bits per heavy atom. The Bertz CT molecular complexity index is 333. The first-order valence-electron chi connectivity index (χ1n) is 7.81. The maximum absolute atomic E-state index is 12.3. The van der Waals surface area contributed by atoms with Crippen molar-refractivity contribution in [1.29, 1.82) is 0 Å². The van der Waals surface area contributed by atoms with E-state index in [2.05, 4.69) is 19.2 Å². The number of urea groups is 1. The minimum Gasteiger partial charge on any atom is -0.480 e. The second-order valence-electron chi connectivity index (χ2n) is 5.82. The van der Waals surface area contributed by atoms with Gasteiger partial charge in [-0.05, 0) is 25.2 Å². The number of rotatable bonds is 7. The number of likely N-dealkylation sites (tertiary alicyclic amines) is 1. The number of nitrogens with zero attached hydrogens (tertiary/aromatic N) is 1. The summed E-state index contributed by atoms with van der Waals surface area (Å²) >= 11 is 0. The van der Waals surface area contributed by atoms with Crippen LogP contribution in [-0.4, -0.2) is 40.6 Å². The van der Waals surface area contributed by atoms with E-state index >= 15 is 0 Å². The Labute approximate surface area is 121 Å². The fourth-order valence-electron chi connectivity index (χ4n) is 2.90. The Kier molecular flexibility index (Phi) is 6.82. The highest BCUT2D eigenvalue weighted by Gasteiger charge is 2.39. The summed E-state index contributed by atoms with van der Waals surface area (Å²) in [5.74, 6) is -0.871. The highest BCUT2D eigenvalue weighted by molar-refractivity contribution is 5.83. The van der Waals surface area contributed by atoms with E-state index < -0.39 is 12.0 Å². The van der Waals surface area contributed by atoms with Gasteiger partial charge in [0.05, 0.1) is 0 Å². The van der Waals surface area contributed by atoms with Gasteiger partial charge in [-0.15, -0.1) is 0 Å². The summed E-state index contributed by atoms with van der Waals surface area (Å²) in [7, 11) is 0. The number of nitrogens with one attached hydrogen (secondary N) is 1. The zero-order valence-electron chi connectivity index (χ0n) is 12.9. The molecular formula is C15H28N2O3. The average molecular weight is 284 g/mol. The maximum Gasteiger partial charge on any atom is 0.326 e. The topological polar surface area (TPSA) is 69.6 Å². The van der Waals surface area contributed by atoms with Gasteiger partial charge in [0, 0.05) is 12.6 Å². The largest absolute Gasteiger partial charge is 0.480 e. The van der Waals surface area contributed by atoms with E-state index in [9.17, 15) is 14.7 Å². The molecule has 0 aliphatic carbocycles. The van der Waals surface area contributed by atoms with Gasteiger partial charge in [0.15, 0.2) is 0 Å². The zero-order chi connectivity index (χ0) is 15.1. The first-order valence-corrected chi connectivity index (χ1v) is 7.81. The number of hydrogen-bond acceptors (Lipinski definition) is 2. The molecule has 3 atom stereocenters. The summed E-state index contributed by atoms with van der Waals surface area (Å²) in [5, 5.41) is 12.3. The van der Waals surface area contributed by atoms with Crippen molar-refractivity contribution >= 4 is 12.0 Å². The highest BCUT2D eigenvalue weighted by Crippen LogP contribution is 2.24. The Morgan fingerprint density at radius 2 is 2.00 bits per heavy atom. The van der Waals surface area contributed by atoms with Gasteiger partial charge in [0.1, 0.15) is 6.04 Å². The molecule has 0 aromatic carbocycles. The van der Waals surface area contributed by atoms with Crippen molar-refractivity contribution in [3.63, 3.8) is 0 Å². The number of carboxylic acids is 1. The number of unbranched alkanes of at least 4 members (excludes halogenated alkanes) is 1. The molecule has 0 aromatic rings. The molecule has 5 heteroatoms. The van der Waals surface area contributed by atoms with Gasteiger partial charge in [0.25, 0.3) is 0 Å². The second-order valence-corrected chi connectivity index (χ2v) is 5.82. The van der Waals surface area contributed by atoms with Crippen LogP contribution in [0.25, 0.3) is 0 Å². The van der Waals surface area contributed by atoms with Crippen LogP contribution in [0.1, 0.15) is 59.3 Å². The number of amides is 2. The molecule has 0 bridgehead atoms. The Balaban J connectivity index is 2.61. The van der Waals surface area contributed by atoms with Crippen LogP contribution in [0.3, 0.4) is 0 Å². The van der Waals surface area contributed by atoms with Crippen LogP contribution in [0, 0.1) is 5.92 Å². The van der Waals surface area contributed by atoms with Crippen LogP contribution < -0.4 is 5.32 Å². The van der Waals surface area contributed by atoms with Gasteiger partial charge in [-0.25, -0.2) is 9.59 Å². The van der Waals surface area contributed by atoms with Gasteiger partial charge < -0.3 is 15.3 Å². The second kappa shape index (κ2) is 8.12. The maximum atomic E-state index is 12.3. The molecule has 1 aliphatic rings. The molecule has 1 fully saturated rings. The van der Waals surface area contributed by atoms with E-state index in [0.29, 0.717) is 6.54 Å². The molecule has 116 valence electrons. The number of carbonyl (C=O) groups excluding carboxylic acids is 1. The lowest BCUT2D eigenvalue weighted by atomic mass is 10.0. The van der Waals surface area contributed by atoms with Crippen molar-refractivity contribution in [2.24, 2.45) is 5.92 Å². The van der Waals surface area contributed by atoms with Crippen molar-refractivity contribution in [1.82, 2.24) is 10.2 Å². The van der Waals surface area contributed by atoms with Crippen molar-refractivity contribution < 1.29 is 14.7 Å². The molecule has 1 rings (SSSR count). The minimum atomic E-state index is -0.897. The van der Waals surface area contributed by atoms with Crippen LogP contribution >= 0.6 is 0 Å². The number of hydrogen-bond donors (Lipinski definition) is 2. The van der Waals surface area contributed by atoms with Crippen molar-refractivity contribution in [3.8, 4) is 0 Å². The summed E-state index contributed by atoms with van der Waals surface area (Å²) in [4.78, 5) is 25.1. The fraction of sp³-hybridized carbons (Fsp3) is 0.867. The van der Waals surface area contributed by atoms with E-state index in [-0.39, 0.29) is 18.0 Å². The van der Waals surface area contributed by atoms with Gasteiger partial charge in [0.2, 0.25) is 0 Å². The minimum absolute atomic E-state index is 0.0264. The lowest BCUT2D eigenvalue weighted by Gasteiger charge is -2.27. The zero-order valence-corrected chi connectivity index (χ0v) is 12.9. The van der Waals surface area contributed by atoms with E-state index in [1.54, 1.807) is 0 Å². The molecule has 1 saturated heterocycles. The molecule has 1 aliphatic heterocycles. The molecule has 1 heterocycles. The first-order chi connectivity index (χ1) is 9.51. The lowest BCUT2D eigenvalue weighted by Crippen LogP contribution is -2.50. The van der Waals surface area contributed by atoms with E-state index in [4.69, 9.17) is 0 Å². The normalized spacial score (nSPS) is 23.6. The fourth-order valence-corrected chi connectivity index (χ4v) is 2.90. The van der Waals surface area contributed by atoms with Crippen LogP contribution in [0.15, 0.2) is 0 Å². The summed E-state index contributed by atoms with van der Waals surface area (Å²) in [6.45, 7) is 6.67. The number of carboxylic acid groups (broad SMARTS) is 1. The smallest absolute Gasteiger partial charge is 0.326 e. The van der Waals surface area contributed by atoms with Gasteiger partial charge >= 0.3 is 12.0 Å². The average Bonchev–Trinajstić information content (AvgIpc) is 2.78. The van der Waals surface area contributed by atoms with E-state index in [0.717, 1.165) is 38.5 Å². The molecule has 2 N–H and O–H groups in total. The van der Waals surface area contributed by atoms with E-state index in [1.807, 2.05) is 6.92 Å². The first kappa shape index (κ1) is 16.8. The van der Waals surface area contributed by atoms with Crippen molar-refractivity contribution in [3.05, 3.63) is 0 Å². The predicted octanol–water partition coefficient (Wildman–Crippen LogP) is 2.85. The molecule has 3 unspecified atom stereocenters. The Morgan fingerprint density at radius 3 is 2.55 bits per heavy atom. The molecule has 0 saturated carbocycles. The SMILES string of the molecule is CCCCC(CCC)NC(=O)N1CCC(C)C1C(=O)O. The van der Waals surface area contributed by atoms with E-state index in [1.165, 1.54) is 4.90 Å². The highest BCUT2D eigenvalue weighted by atomic mass is 16.4. The van der Waals surface area contributed by atoms with Gasteiger partial charge in [-0.1, -0.05) is 40.0 Å². The summed E-state index contributed by atoms with van der Waals surface area (Å²) in [6, 6.07) is -0.724.